The molecule has 0 aromatic carbocycles. The van der Waals surface area contributed by atoms with Gasteiger partial charge in [-0.1, -0.05) is 96.8 Å². The maximum Gasteiger partial charge on any atom is 0.306 e. The zero-order chi connectivity index (χ0) is 22.1. The molecule has 1 heterocycles. The minimum atomic E-state index is -0.312. The molecule has 0 bridgehead atoms. The fourth-order valence-electron chi connectivity index (χ4n) is 4.77. The Kier molecular flexibility index (Phi) is 15.6. The van der Waals surface area contributed by atoms with Gasteiger partial charge in [0, 0.05) is 12.3 Å². The number of likely N-dealkylation sites (tertiary alicyclic amines) is 1. The molecular weight excluding hydrogens is 370 g/mol. The first-order valence-corrected chi connectivity index (χ1v) is 13.4. The number of ether oxygens (including phenoxy) is 1. The fraction of sp³-hybridized carbons (Fsp3) is 0.963. The molecule has 0 unspecified atom stereocenters. The van der Waals surface area contributed by atoms with Gasteiger partial charge in [-0.25, -0.2) is 0 Å². The van der Waals surface area contributed by atoms with Gasteiger partial charge in [0.25, 0.3) is 0 Å². The highest BCUT2D eigenvalue weighted by molar-refractivity contribution is 5.69. The molecule has 1 rings (SSSR count). The van der Waals surface area contributed by atoms with Crippen molar-refractivity contribution in [3.8, 4) is 0 Å². The second kappa shape index (κ2) is 17.0. The normalized spacial score (nSPS) is 16.1. The number of nitrogens with zero attached hydrogens (tertiary/aromatic N) is 1. The van der Waals surface area contributed by atoms with Crippen molar-refractivity contribution >= 4 is 5.97 Å². The van der Waals surface area contributed by atoms with Gasteiger partial charge >= 0.3 is 5.97 Å². The van der Waals surface area contributed by atoms with Gasteiger partial charge in [-0.15, -0.1) is 0 Å². The molecule has 0 N–H and O–H groups in total. The lowest BCUT2D eigenvalue weighted by Crippen LogP contribution is -2.43. The average molecular weight is 424 g/mol. The Bertz CT molecular complexity index is 413. The Morgan fingerprint density at radius 2 is 1.17 bits per heavy atom. The first kappa shape index (κ1) is 27.5. The Morgan fingerprint density at radius 1 is 0.767 bits per heavy atom. The summed E-state index contributed by atoms with van der Waals surface area (Å²) in [6.45, 7) is 8.72. The van der Waals surface area contributed by atoms with Gasteiger partial charge in [0.2, 0.25) is 0 Å². The predicted octanol–water partition coefficient (Wildman–Crippen LogP) is 7.91. The first-order chi connectivity index (χ1) is 14.5. The van der Waals surface area contributed by atoms with Crippen LogP contribution in [0, 0.1) is 5.92 Å². The molecule has 3 heteroatoms. The molecule has 30 heavy (non-hydrogen) atoms. The molecule has 0 radical (unpaired) electrons. The molecule has 1 fully saturated rings. The van der Waals surface area contributed by atoms with Crippen LogP contribution in [0.1, 0.15) is 136 Å². The van der Waals surface area contributed by atoms with Crippen LogP contribution in [0.25, 0.3) is 0 Å². The van der Waals surface area contributed by atoms with Crippen LogP contribution in [0.15, 0.2) is 0 Å². The van der Waals surface area contributed by atoms with E-state index in [4.69, 9.17) is 4.74 Å². The first-order valence-electron chi connectivity index (χ1n) is 13.4. The summed E-state index contributed by atoms with van der Waals surface area (Å²) in [4.78, 5) is 14.6. The zero-order valence-electron chi connectivity index (χ0n) is 21.0. The lowest BCUT2D eigenvalue weighted by Gasteiger charge is -2.39. The molecule has 0 saturated carbocycles. The maximum absolute atomic E-state index is 12.3. The van der Waals surface area contributed by atoms with E-state index < -0.39 is 0 Å². The fourth-order valence-corrected chi connectivity index (χ4v) is 4.77. The Hall–Kier alpha value is -0.570. The van der Waals surface area contributed by atoms with Crippen LogP contribution in [-0.4, -0.2) is 36.6 Å². The molecule has 3 nitrogen and oxygen atoms in total. The van der Waals surface area contributed by atoms with Gasteiger partial charge < -0.3 is 9.64 Å². The Balaban J connectivity index is 1.89. The van der Waals surface area contributed by atoms with Crippen LogP contribution in [-0.2, 0) is 9.53 Å². The number of unbranched alkanes of at least 4 members (excludes halogenated alkanes) is 14. The van der Waals surface area contributed by atoms with Crippen LogP contribution < -0.4 is 0 Å². The predicted molar refractivity (Wildman–Crippen MR) is 130 cm³/mol. The van der Waals surface area contributed by atoms with Gasteiger partial charge in [-0.05, 0) is 53.2 Å². The highest BCUT2D eigenvalue weighted by Gasteiger charge is 2.34. The van der Waals surface area contributed by atoms with E-state index in [1.807, 2.05) is 0 Å². The Morgan fingerprint density at radius 3 is 1.60 bits per heavy atom. The minimum absolute atomic E-state index is 0.00798. The van der Waals surface area contributed by atoms with Crippen molar-refractivity contribution < 1.29 is 9.53 Å². The van der Waals surface area contributed by atoms with Crippen LogP contribution in [0.3, 0.4) is 0 Å². The van der Waals surface area contributed by atoms with E-state index in [-0.39, 0.29) is 11.6 Å². The van der Waals surface area contributed by atoms with Gasteiger partial charge in [0.1, 0.15) is 5.60 Å². The lowest BCUT2D eigenvalue weighted by atomic mass is 9.83. The van der Waals surface area contributed by atoms with Crippen molar-refractivity contribution in [2.24, 2.45) is 5.92 Å². The standard InChI is InChI=1S/C27H53NO2/c1-5-6-7-8-9-10-11-12-13-14-15-16-17-18-19-20-26(29)30-27(2,3)25-21-23-28(4)24-22-25/h25H,5-24H2,1-4H3. The largest absolute Gasteiger partial charge is 0.459 e. The zero-order valence-corrected chi connectivity index (χ0v) is 21.0. The van der Waals surface area contributed by atoms with E-state index in [0.717, 1.165) is 32.4 Å². The third-order valence-corrected chi connectivity index (χ3v) is 7.06. The Labute approximate surface area is 188 Å². The summed E-state index contributed by atoms with van der Waals surface area (Å²) >= 11 is 0. The van der Waals surface area contributed by atoms with Crippen molar-refractivity contribution in [3.63, 3.8) is 0 Å². The highest BCUT2D eigenvalue weighted by Crippen LogP contribution is 2.31. The molecule has 0 amide bonds. The van der Waals surface area contributed by atoms with Crippen molar-refractivity contribution in [2.45, 2.75) is 142 Å². The molecule has 0 atom stereocenters. The lowest BCUT2D eigenvalue weighted by molar-refractivity contribution is -0.163. The summed E-state index contributed by atoms with van der Waals surface area (Å²) in [5.74, 6) is 0.507. The monoisotopic (exact) mass is 423 g/mol. The van der Waals surface area contributed by atoms with Gasteiger partial charge in [-0.3, -0.25) is 4.79 Å². The van der Waals surface area contributed by atoms with E-state index in [0.29, 0.717) is 12.3 Å². The number of hydrogen-bond donors (Lipinski definition) is 0. The van der Waals surface area contributed by atoms with Gasteiger partial charge in [0.05, 0.1) is 0 Å². The maximum atomic E-state index is 12.3. The molecule has 0 aromatic heterocycles. The smallest absolute Gasteiger partial charge is 0.306 e. The van der Waals surface area contributed by atoms with E-state index >= 15 is 0 Å². The molecule has 178 valence electrons. The summed E-state index contributed by atoms with van der Waals surface area (Å²) in [6.07, 6.45) is 23.2. The minimum Gasteiger partial charge on any atom is -0.459 e. The van der Waals surface area contributed by atoms with Crippen molar-refractivity contribution in [1.82, 2.24) is 4.90 Å². The van der Waals surface area contributed by atoms with Gasteiger partial charge in [-0.2, -0.15) is 0 Å². The summed E-state index contributed by atoms with van der Waals surface area (Å²) in [5.41, 5.74) is -0.312. The molecule has 0 aliphatic carbocycles. The van der Waals surface area contributed by atoms with E-state index in [2.05, 4.69) is 32.7 Å². The second-order valence-electron chi connectivity index (χ2n) is 10.4. The molecule has 0 aromatic rings. The summed E-state index contributed by atoms with van der Waals surface area (Å²) in [7, 11) is 2.17. The van der Waals surface area contributed by atoms with E-state index in [1.54, 1.807) is 0 Å². The molecule has 1 aliphatic heterocycles. The number of rotatable bonds is 18. The summed E-state index contributed by atoms with van der Waals surface area (Å²) in [6, 6.07) is 0. The summed E-state index contributed by atoms with van der Waals surface area (Å²) < 4.78 is 5.87. The van der Waals surface area contributed by atoms with E-state index in [9.17, 15) is 4.79 Å². The number of carbonyl (C=O) groups excluding carboxylic acids is 1. The number of piperidine rings is 1. The van der Waals surface area contributed by atoms with Crippen molar-refractivity contribution in [3.05, 3.63) is 0 Å². The molecular formula is C27H53NO2. The SMILES string of the molecule is CCCCCCCCCCCCCCCCCC(=O)OC(C)(C)C1CCN(C)CC1. The van der Waals surface area contributed by atoms with Crippen LogP contribution in [0.4, 0.5) is 0 Å². The van der Waals surface area contributed by atoms with Crippen LogP contribution in [0.5, 0.6) is 0 Å². The quantitative estimate of drug-likeness (QED) is 0.166. The van der Waals surface area contributed by atoms with Crippen molar-refractivity contribution in [2.75, 3.05) is 20.1 Å². The second-order valence-corrected chi connectivity index (χ2v) is 10.4. The average Bonchev–Trinajstić information content (AvgIpc) is 2.71. The van der Waals surface area contributed by atoms with Crippen LogP contribution in [0.2, 0.25) is 0 Å². The highest BCUT2D eigenvalue weighted by atomic mass is 16.6. The van der Waals surface area contributed by atoms with E-state index in [1.165, 1.54) is 89.9 Å². The van der Waals surface area contributed by atoms with Gasteiger partial charge in [0.15, 0.2) is 0 Å². The summed E-state index contributed by atoms with van der Waals surface area (Å²) in [5, 5.41) is 0. The van der Waals surface area contributed by atoms with Crippen molar-refractivity contribution in [1.29, 1.82) is 0 Å². The molecule has 1 saturated heterocycles. The number of carbonyl (C=O) groups is 1. The third-order valence-electron chi connectivity index (χ3n) is 7.06. The number of hydrogen-bond acceptors (Lipinski definition) is 3. The topological polar surface area (TPSA) is 29.5 Å². The number of esters is 1. The molecule has 0 spiro atoms. The third kappa shape index (κ3) is 13.7. The molecule has 1 aliphatic rings. The van der Waals surface area contributed by atoms with Crippen LogP contribution >= 0.6 is 0 Å².